The zero-order chi connectivity index (χ0) is 9.10. The van der Waals surface area contributed by atoms with Crippen molar-refractivity contribution in [2.75, 3.05) is 0 Å². The molecule has 1 heterocycles. The summed E-state index contributed by atoms with van der Waals surface area (Å²) < 4.78 is 5.00. The second-order valence-electron chi connectivity index (χ2n) is 2.65. The highest BCUT2D eigenvalue weighted by molar-refractivity contribution is 5.53. The van der Waals surface area contributed by atoms with E-state index in [1.807, 2.05) is 31.2 Å². The topological polar surface area (TPSA) is 38.9 Å². The monoisotopic (exact) mass is 173 g/mol. The summed E-state index contributed by atoms with van der Waals surface area (Å²) in [6, 6.07) is 10.4. The summed E-state index contributed by atoms with van der Waals surface area (Å²) in [5, 5.41) is 3.86. The van der Waals surface area contributed by atoms with E-state index in [0.717, 1.165) is 12.0 Å². The number of rotatable bonds is 2. The third-order valence-electron chi connectivity index (χ3n) is 1.75. The normalized spacial score (nSPS) is 10.2. The molecule has 1 radical (unpaired) electrons. The van der Waals surface area contributed by atoms with Gasteiger partial charge in [-0.15, -0.1) is 0 Å². The van der Waals surface area contributed by atoms with Crippen molar-refractivity contribution in [1.82, 2.24) is 10.1 Å². The number of aryl methyl sites for hydroxylation is 1. The highest BCUT2D eigenvalue weighted by atomic mass is 16.5. The molecule has 0 bridgehead atoms. The fourth-order valence-corrected chi connectivity index (χ4v) is 1.05. The van der Waals surface area contributed by atoms with Gasteiger partial charge in [-0.1, -0.05) is 36.3 Å². The van der Waals surface area contributed by atoms with Gasteiger partial charge < -0.3 is 4.52 Å². The van der Waals surface area contributed by atoms with Crippen LogP contribution in [0.2, 0.25) is 0 Å². The van der Waals surface area contributed by atoms with Gasteiger partial charge in [0.05, 0.1) is 0 Å². The van der Waals surface area contributed by atoms with Gasteiger partial charge in [0.25, 0.3) is 0 Å². The quantitative estimate of drug-likeness (QED) is 0.698. The molecule has 0 saturated heterocycles. The van der Waals surface area contributed by atoms with Crippen molar-refractivity contribution >= 4 is 0 Å². The van der Waals surface area contributed by atoms with Crippen LogP contribution in [0, 0.1) is 6.07 Å². The number of hydrogen-bond acceptors (Lipinski definition) is 3. The third kappa shape index (κ3) is 1.59. The molecule has 2 aromatic rings. The molecule has 65 valence electrons. The number of nitrogens with zero attached hydrogens (tertiary/aromatic N) is 2. The smallest absolute Gasteiger partial charge is 0.226 e. The van der Waals surface area contributed by atoms with Crippen LogP contribution in [0.15, 0.2) is 28.8 Å². The Morgan fingerprint density at radius 3 is 2.77 bits per heavy atom. The van der Waals surface area contributed by atoms with Gasteiger partial charge in [0.2, 0.25) is 11.7 Å². The lowest BCUT2D eigenvalue weighted by Gasteiger charge is -1.89. The Morgan fingerprint density at radius 1 is 1.38 bits per heavy atom. The lowest BCUT2D eigenvalue weighted by Crippen LogP contribution is -1.81. The molecule has 0 spiro atoms. The molecule has 1 aromatic carbocycles. The maximum absolute atomic E-state index is 5.00. The molecule has 0 unspecified atom stereocenters. The first-order chi connectivity index (χ1) is 6.40. The number of aromatic nitrogens is 2. The Kier molecular flexibility index (Phi) is 2.08. The highest BCUT2D eigenvalue weighted by Gasteiger charge is 2.05. The van der Waals surface area contributed by atoms with Gasteiger partial charge in [-0.05, 0) is 6.07 Å². The van der Waals surface area contributed by atoms with Gasteiger partial charge in [0.15, 0.2) is 0 Å². The second-order valence-corrected chi connectivity index (χ2v) is 2.65. The Bertz CT molecular complexity index is 381. The lowest BCUT2D eigenvalue weighted by atomic mass is 10.2. The van der Waals surface area contributed by atoms with Crippen molar-refractivity contribution in [3.63, 3.8) is 0 Å². The summed E-state index contributed by atoms with van der Waals surface area (Å²) in [6.45, 7) is 1.98. The van der Waals surface area contributed by atoms with Crippen molar-refractivity contribution in [2.24, 2.45) is 0 Å². The summed E-state index contributed by atoms with van der Waals surface area (Å²) >= 11 is 0. The first-order valence-corrected chi connectivity index (χ1v) is 4.19. The van der Waals surface area contributed by atoms with E-state index >= 15 is 0 Å². The molecule has 0 saturated carbocycles. The van der Waals surface area contributed by atoms with Crippen molar-refractivity contribution in [3.05, 3.63) is 36.2 Å². The van der Waals surface area contributed by atoms with Crippen LogP contribution in [0.25, 0.3) is 11.4 Å². The van der Waals surface area contributed by atoms with Gasteiger partial charge in [0, 0.05) is 12.0 Å². The largest absolute Gasteiger partial charge is 0.339 e. The second kappa shape index (κ2) is 3.39. The minimum Gasteiger partial charge on any atom is -0.339 e. The van der Waals surface area contributed by atoms with Crippen LogP contribution in [0.5, 0.6) is 0 Å². The average Bonchev–Trinajstić information content (AvgIpc) is 2.67. The fraction of sp³-hybridized carbons (Fsp3) is 0.200. The molecule has 0 amide bonds. The van der Waals surface area contributed by atoms with Crippen molar-refractivity contribution in [2.45, 2.75) is 13.3 Å². The highest BCUT2D eigenvalue weighted by Crippen LogP contribution is 2.14. The molecule has 2 rings (SSSR count). The zero-order valence-corrected chi connectivity index (χ0v) is 7.32. The van der Waals surface area contributed by atoms with Crippen molar-refractivity contribution in [1.29, 1.82) is 0 Å². The molecule has 13 heavy (non-hydrogen) atoms. The van der Waals surface area contributed by atoms with E-state index in [-0.39, 0.29) is 0 Å². The molecule has 0 aliphatic rings. The molecule has 0 aliphatic carbocycles. The molecule has 3 nitrogen and oxygen atoms in total. The van der Waals surface area contributed by atoms with E-state index in [9.17, 15) is 0 Å². The average molecular weight is 173 g/mol. The number of benzene rings is 1. The van der Waals surface area contributed by atoms with Gasteiger partial charge >= 0.3 is 0 Å². The number of hydrogen-bond donors (Lipinski definition) is 0. The minimum atomic E-state index is 0.644. The molecule has 0 fully saturated rings. The van der Waals surface area contributed by atoms with E-state index in [4.69, 9.17) is 4.52 Å². The Morgan fingerprint density at radius 2 is 2.15 bits per heavy atom. The summed E-state index contributed by atoms with van der Waals surface area (Å²) in [6.07, 6.45) is 0.770. The van der Waals surface area contributed by atoms with E-state index in [2.05, 4.69) is 16.2 Å². The van der Waals surface area contributed by atoms with E-state index in [0.29, 0.717) is 11.7 Å². The zero-order valence-electron chi connectivity index (χ0n) is 7.32. The predicted octanol–water partition coefficient (Wildman–Crippen LogP) is 2.10. The molecular formula is C10H9N2O. The lowest BCUT2D eigenvalue weighted by molar-refractivity contribution is 0.383. The maximum atomic E-state index is 5.00. The van der Waals surface area contributed by atoms with Crippen LogP contribution >= 0.6 is 0 Å². The third-order valence-corrected chi connectivity index (χ3v) is 1.75. The van der Waals surface area contributed by atoms with E-state index in [1.54, 1.807) is 0 Å². The minimum absolute atomic E-state index is 0.644. The fourth-order valence-electron chi connectivity index (χ4n) is 1.05. The van der Waals surface area contributed by atoms with Gasteiger partial charge in [-0.3, -0.25) is 0 Å². The summed E-state index contributed by atoms with van der Waals surface area (Å²) in [5.74, 6) is 1.31. The Balaban J connectivity index is 2.36. The first kappa shape index (κ1) is 7.98. The van der Waals surface area contributed by atoms with Gasteiger partial charge in [-0.25, -0.2) is 0 Å². The van der Waals surface area contributed by atoms with Crippen molar-refractivity contribution < 1.29 is 4.52 Å². The Labute approximate surface area is 76.4 Å². The molecular weight excluding hydrogens is 164 g/mol. The SMILES string of the molecule is CCc1nc(-c2cc[c]cc2)no1. The Hall–Kier alpha value is -1.64. The molecule has 0 atom stereocenters. The van der Waals surface area contributed by atoms with E-state index in [1.165, 1.54) is 0 Å². The van der Waals surface area contributed by atoms with Crippen LogP contribution in [0.3, 0.4) is 0 Å². The summed E-state index contributed by atoms with van der Waals surface area (Å²) in [7, 11) is 0. The van der Waals surface area contributed by atoms with Crippen molar-refractivity contribution in [3.8, 4) is 11.4 Å². The van der Waals surface area contributed by atoms with Gasteiger partial charge in [0.1, 0.15) is 0 Å². The molecule has 0 N–H and O–H groups in total. The first-order valence-electron chi connectivity index (χ1n) is 4.19. The summed E-state index contributed by atoms with van der Waals surface area (Å²) in [4.78, 5) is 4.21. The molecule has 0 aliphatic heterocycles. The van der Waals surface area contributed by atoms with Crippen LogP contribution in [-0.4, -0.2) is 10.1 Å². The molecule has 3 heteroatoms. The van der Waals surface area contributed by atoms with Gasteiger partial charge in [-0.2, -0.15) is 4.98 Å². The standard InChI is InChI=1S/C10H9N2O/c1-2-9-11-10(12-13-9)8-6-4-3-5-7-8/h4-7H,2H2,1H3. The van der Waals surface area contributed by atoms with Crippen LogP contribution in [0.4, 0.5) is 0 Å². The van der Waals surface area contributed by atoms with Crippen LogP contribution in [-0.2, 0) is 6.42 Å². The van der Waals surface area contributed by atoms with Crippen LogP contribution < -0.4 is 0 Å². The molecule has 1 aromatic heterocycles. The summed E-state index contributed by atoms with van der Waals surface area (Å²) in [5.41, 5.74) is 0.960. The maximum Gasteiger partial charge on any atom is 0.226 e. The predicted molar refractivity (Wildman–Crippen MR) is 47.9 cm³/mol. The van der Waals surface area contributed by atoms with Crippen LogP contribution in [0.1, 0.15) is 12.8 Å². The van der Waals surface area contributed by atoms with E-state index < -0.39 is 0 Å².